The summed E-state index contributed by atoms with van der Waals surface area (Å²) in [7, 11) is 0. The Hall–Kier alpha value is -0.820. The second-order valence-electron chi connectivity index (χ2n) is 3.79. The molecular weight excluding hydrogens is 160 g/mol. The lowest BCUT2D eigenvalue weighted by atomic mass is 9.95. The van der Waals surface area contributed by atoms with Gasteiger partial charge in [-0.3, -0.25) is 0 Å². The summed E-state index contributed by atoms with van der Waals surface area (Å²) in [5.41, 5.74) is 0.508. The maximum atomic E-state index is 11.6. The van der Waals surface area contributed by atoms with E-state index in [0.29, 0.717) is 6.42 Å². The molecule has 1 atom stereocenters. The minimum atomic E-state index is -0.754. The molecule has 1 heteroatoms. The highest BCUT2D eigenvalue weighted by Gasteiger charge is 2.19. The van der Waals surface area contributed by atoms with Gasteiger partial charge in [0.05, 0.1) is 0 Å². The van der Waals surface area contributed by atoms with Crippen LogP contribution in [0, 0.1) is 0 Å². The third-order valence-corrected chi connectivity index (χ3v) is 2.53. The summed E-state index contributed by atoms with van der Waals surface area (Å²) in [6, 6.07) is 10.2. The normalized spacial score (nSPS) is 15.3. The van der Waals surface area contributed by atoms with Crippen LogP contribution in [0.2, 0.25) is 0 Å². The van der Waals surface area contributed by atoms with Crippen LogP contribution in [0.4, 0.5) is 0 Å². The molecule has 0 aliphatic rings. The van der Waals surface area contributed by atoms with Crippen molar-refractivity contribution in [3.8, 4) is 0 Å². The molecule has 0 saturated carbocycles. The maximum Gasteiger partial charge on any atom is 0.101 e. The minimum Gasteiger partial charge on any atom is -0.230 e. The molecule has 0 amide bonds. The van der Waals surface area contributed by atoms with E-state index in [-0.39, 0.29) is 0 Å². The van der Waals surface area contributed by atoms with Gasteiger partial charge in [0, 0.05) is 0 Å². The molecule has 1 aromatic carbocycles. The molecule has 0 N–H and O–H groups in total. The predicted molar refractivity (Wildman–Crippen MR) is 54.1 cm³/mol. The standard InChI is InChI=1S/C12H17O/c1-3-12(2,13)10-9-11-7-5-4-6-8-11/h4-8H,3,9-10H2,1-2H3. The zero-order valence-corrected chi connectivity index (χ0v) is 8.42. The van der Waals surface area contributed by atoms with Gasteiger partial charge in [-0.2, -0.15) is 0 Å². The summed E-state index contributed by atoms with van der Waals surface area (Å²) < 4.78 is 0. The lowest BCUT2D eigenvalue weighted by Crippen LogP contribution is -2.21. The van der Waals surface area contributed by atoms with E-state index >= 15 is 0 Å². The number of rotatable bonds is 4. The van der Waals surface area contributed by atoms with E-state index < -0.39 is 5.60 Å². The summed E-state index contributed by atoms with van der Waals surface area (Å²) in [4.78, 5) is 0. The average Bonchev–Trinajstić information content (AvgIpc) is 2.17. The van der Waals surface area contributed by atoms with Crippen LogP contribution in [0.25, 0.3) is 0 Å². The Kier molecular flexibility index (Phi) is 3.49. The third-order valence-electron chi connectivity index (χ3n) is 2.53. The van der Waals surface area contributed by atoms with Gasteiger partial charge in [0.15, 0.2) is 0 Å². The smallest absolute Gasteiger partial charge is 0.101 e. The topological polar surface area (TPSA) is 19.9 Å². The Morgan fingerprint density at radius 1 is 1.23 bits per heavy atom. The van der Waals surface area contributed by atoms with Crippen molar-refractivity contribution >= 4 is 0 Å². The second-order valence-corrected chi connectivity index (χ2v) is 3.79. The Balaban J connectivity index is 2.44. The Bertz CT molecular complexity index is 239. The first-order valence-corrected chi connectivity index (χ1v) is 4.88. The van der Waals surface area contributed by atoms with E-state index in [9.17, 15) is 5.11 Å². The van der Waals surface area contributed by atoms with Crippen LogP contribution in [0.5, 0.6) is 0 Å². The lowest BCUT2D eigenvalue weighted by Gasteiger charge is -2.17. The lowest BCUT2D eigenvalue weighted by molar-refractivity contribution is -0.0230. The molecule has 1 unspecified atom stereocenters. The van der Waals surface area contributed by atoms with Crippen molar-refractivity contribution in [2.24, 2.45) is 0 Å². The third kappa shape index (κ3) is 3.60. The molecule has 0 saturated heterocycles. The number of hydrogen-bond acceptors (Lipinski definition) is 0. The minimum absolute atomic E-state index is 0.708. The van der Waals surface area contributed by atoms with Crippen LogP contribution in [-0.2, 0) is 11.5 Å². The molecule has 0 fully saturated rings. The fourth-order valence-electron chi connectivity index (χ4n) is 1.23. The monoisotopic (exact) mass is 177 g/mol. The highest BCUT2D eigenvalue weighted by molar-refractivity contribution is 5.14. The van der Waals surface area contributed by atoms with Crippen molar-refractivity contribution in [3.63, 3.8) is 0 Å². The Labute approximate surface area is 80.4 Å². The van der Waals surface area contributed by atoms with Crippen LogP contribution in [0.3, 0.4) is 0 Å². The summed E-state index contributed by atoms with van der Waals surface area (Å²) >= 11 is 0. The van der Waals surface area contributed by atoms with Gasteiger partial charge in [0.2, 0.25) is 0 Å². The molecule has 0 aliphatic heterocycles. The molecule has 1 rings (SSSR count). The van der Waals surface area contributed by atoms with Crippen molar-refractivity contribution < 1.29 is 5.11 Å². The fourth-order valence-corrected chi connectivity index (χ4v) is 1.23. The van der Waals surface area contributed by atoms with Gasteiger partial charge in [-0.25, -0.2) is 5.11 Å². The molecule has 0 bridgehead atoms. The summed E-state index contributed by atoms with van der Waals surface area (Å²) in [6.45, 7) is 3.74. The van der Waals surface area contributed by atoms with Crippen LogP contribution >= 0.6 is 0 Å². The van der Waals surface area contributed by atoms with Gasteiger partial charge in [0.1, 0.15) is 5.60 Å². The molecule has 1 aromatic rings. The number of benzene rings is 1. The molecule has 1 nitrogen and oxygen atoms in total. The quantitative estimate of drug-likeness (QED) is 0.673. The number of hydrogen-bond donors (Lipinski definition) is 0. The van der Waals surface area contributed by atoms with Crippen LogP contribution < -0.4 is 0 Å². The van der Waals surface area contributed by atoms with Gasteiger partial charge >= 0.3 is 0 Å². The molecule has 1 radical (unpaired) electrons. The summed E-state index contributed by atoms with van der Waals surface area (Å²) in [6.07, 6.45) is 2.34. The zero-order chi connectivity index (χ0) is 9.73. The first-order valence-electron chi connectivity index (χ1n) is 4.88. The molecule has 0 aromatic heterocycles. The van der Waals surface area contributed by atoms with Crippen molar-refractivity contribution in [2.45, 2.75) is 38.7 Å². The molecular formula is C12H17O. The van der Waals surface area contributed by atoms with Crippen LogP contribution in [0.1, 0.15) is 32.3 Å². The molecule has 0 aliphatic carbocycles. The van der Waals surface area contributed by atoms with E-state index in [1.165, 1.54) is 5.56 Å². The fraction of sp³-hybridized carbons (Fsp3) is 0.500. The number of aryl methyl sites for hydroxylation is 1. The predicted octanol–water partition coefficient (Wildman–Crippen LogP) is 3.22. The van der Waals surface area contributed by atoms with E-state index in [2.05, 4.69) is 12.1 Å². The Morgan fingerprint density at radius 2 is 1.85 bits per heavy atom. The highest BCUT2D eigenvalue weighted by atomic mass is 16.3. The molecule has 13 heavy (non-hydrogen) atoms. The van der Waals surface area contributed by atoms with E-state index in [4.69, 9.17) is 0 Å². The molecule has 0 spiro atoms. The van der Waals surface area contributed by atoms with Gasteiger partial charge in [-0.1, -0.05) is 37.3 Å². The first kappa shape index (κ1) is 10.3. The SMILES string of the molecule is CCC(C)([O])CCc1ccccc1. The molecule has 0 heterocycles. The second kappa shape index (κ2) is 4.43. The largest absolute Gasteiger partial charge is 0.230 e. The van der Waals surface area contributed by atoms with Crippen molar-refractivity contribution in [2.75, 3.05) is 0 Å². The van der Waals surface area contributed by atoms with E-state index in [1.807, 2.05) is 25.1 Å². The van der Waals surface area contributed by atoms with Crippen molar-refractivity contribution in [1.82, 2.24) is 0 Å². The van der Waals surface area contributed by atoms with E-state index in [0.717, 1.165) is 12.8 Å². The van der Waals surface area contributed by atoms with Crippen LogP contribution in [0.15, 0.2) is 30.3 Å². The maximum absolute atomic E-state index is 11.6. The molecule has 71 valence electrons. The summed E-state index contributed by atoms with van der Waals surface area (Å²) in [5.74, 6) is 0. The van der Waals surface area contributed by atoms with E-state index in [1.54, 1.807) is 6.92 Å². The average molecular weight is 177 g/mol. The van der Waals surface area contributed by atoms with Crippen molar-refractivity contribution in [1.29, 1.82) is 0 Å². The Morgan fingerprint density at radius 3 is 2.38 bits per heavy atom. The highest BCUT2D eigenvalue weighted by Crippen LogP contribution is 2.17. The van der Waals surface area contributed by atoms with Gasteiger partial charge < -0.3 is 0 Å². The van der Waals surface area contributed by atoms with Crippen molar-refractivity contribution in [3.05, 3.63) is 35.9 Å². The zero-order valence-electron chi connectivity index (χ0n) is 8.42. The van der Waals surface area contributed by atoms with Gasteiger partial charge in [-0.05, 0) is 31.7 Å². The first-order chi connectivity index (χ1) is 6.14. The summed E-state index contributed by atoms with van der Waals surface area (Å²) in [5, 5.41) is 11.6. The van der Waals surface area contributed by atoms with Gasteiger partial charge in [0.25, 0.3) is 0 Å². The van der Waals surface area contributed by atoms with Crippen LogP contribution in [-0.4, -0.2) is 5.60 Å². The van der Waals surface area contributed by atoms with Gasteiger partial charge in [-0.15, -0.1) is 0 Å².